The zero-order valence-corrected chi connectivity index (χ0v) is 12.1. The van der Waals surface area contributed by atoms with Crippen molar-refractivity contribution in [1.29, 1.82) is 0 Å². The number of nitrogens with zero attached hydrogens (tertiary/aromatic N) is 2. The number of aliphatic hydroxyl groups is 1. The first-order valence-corrected chi connectivity index (χ1v) is 5.42. The largest absolute Gasteiger partial charge is 2.00 e. The van der Waals surface area contributed by atoms with Crippen LogP contribution < -0.4 is 22.8 Å². The smallest absolute Gasteiger partial charge is 1.00 e. The van der Waals surface area contributed by atoms with E-state index in [1.165, 1.54) is 18.3 Å². The van der Waals surface area contributed by atoms with E-state index in [4.69, 9.17) is 5.11 Å². The Balaban J connectivity index is 0. The van der Waals surface area contributed by atoms with Crippen LogP contribution in [-0.2, 0) is 17.1 Å². The van der Waals surface area contributed by atoms with Gasteiger partial charge in [-0.05, 0) is 5.56 Å². The van der Waals surface area contributed by atoms with Gasteiger partial charge in [-0.1, -0.05) is 11.8 Å². The molecular formula is C11H14ClCuN3O4. The second kappa shape index (κ2) is 11.6. The van der Waals surface area contributed by atoms with Crippen molar-refractivity contribution in [1.82, 2.24) is 5.32 Å². The summed E-state index contributed by atoms with van der Waals surface area (Å²) in [7, 11) is 0. The molecule has 0 fully saturated rings. The molecule has 9 heteroatoms. The van der Waals surface area contributed by atoms with Crippen molar-refractivity contribution in [3.8, 4) is 5.75 Å². The van der Waals surface area contributed by atoms with Crippen molar-refractivity contribution < 1.29 is 44.6 Å². The first kappa shape index (κ1) is 21.1. The molecule has 115 valence electrons. The van der Waals surface area contributed by atoms with Crippen molar-refractivity contribution in [2.45, 2.75) is 0 Å². The Bertz CT molecular complexity index is 446. The first-order valence-electron chi connectivity index (χ1n) is 5.42. The number of nitro benzene ring substituents is 1. The summed E-state index contributed by atoms with van der Waals surface area (Å²) in [5.74, 6) is -0.298. The second-order valence-corrected chi connectivity index (χ2v) is 3.49. The molecule has 1 radical (unpaired) electrons. The summed E-state index contributed by atoms with van der Waals surface area (Å²) in [5, 5.41) is 33.4. The summed E-state index contributed by atoms with van der Waals surface area (Å²) in [5.41, 5.74) is 0.0702. The SMILES string of the molecule is O=[N+]([O-])c1ccc([O-])c(C=NCCNCCO)c1.[Cl-].[Cu+2]. The van der Waals surface area contributed by atoms with Gasteiger partial charge in [-0.25, -0.2) is 0 Å². The summed E-state index contributed by atoms with van der Waals surface area (Å²) in [6, 6.07) is 3.53. The topological polar surface area (TPSA) is 111 Å². The summed E-state index contributed by atoms with van der Waals surface area (Å²) in [4.78, 5) is 14.0. The van der Waals surface area contributed by atoms with Gasteiger partial charge in [0.15, 0.2) is 0 Å². The van der Waals surface area contributed by atoms with E-state index in [1.54, 1.807) is 0 Å². The average molecular weight is 351 g/mol. The van der Waals surface area contributed by atoms with Gasteiger partial charge in [-0.3, -0.25) is 15.1 Å². The van der Waals surface area contributed by atoms with Crippen LogP contribution in [0, 0.1) is 10.1 Å². The average Bonchev–Trinajstić information content (AvgIpc) is 2.35. The van der Waals surface area contributed by atoms with E-state index in [-0.39, 0.29) is 53.1 Å². The van der Waals surface area contributed by atoms with E-state index >= 15 is 0 Å². The van der Waals surface area contributed by atoms with Crippen molar-refractivity contribution in [2.75, 3.05) is 26.2 Å². The third-order valence-electron chi connectivity index (χ3n) is 2.14. The number of nitrogens with one attached hydrogen (secondary N) is 1. The fourth-order valence-corrected chi connectivity index (χ4v) is 1.26. The van der Waals surface area contributed by atoms with Crippen LogP contribution in [0.1, 0.15) is 5.56 Å². The number of hydrogen-bond donors (Lipinski definition) is 2. The number of rotatable bonds is 7. The molecule has 0 atom stereocenters. The molecule has 0 aliphatic heterocycles. The Kier molecular flexibility index (Phi) is 12.3. The van der Waals surface area contributed by atoms with Crippen LogP contribution >= 0.6 is 0 Å². The maximum absolute atomic E-state index is 11.4. The van der Waals surface area contributed by atoms with Gasteiger partial charge in [-0.2, -0.15) is 0 Å². The molecular weight excluding hydrogens is 337 g/mol. The van der Waals surface area contributed by atoms with Crippen molar-refractivity contribution >= 4 is 11.9 Å². The van der Waals surface area contributed by atoms with Crippen molar-refractivity contribution in [3.63, 3.8) is 0 Å². The molecule has 1 aromatic carbocycles. The number of aliphatic hydroxyl groups excluding tert-OH is 1. The van der Waals surface area contributed by atoms with E-state index < -0.39 is 4.92 Å². The van der Waals surface area contributed by atoms with Crippen LogP contribution in [0.2, 0.25) is 0 Å². The van der Waals surface area contributed by atoms with Crippen LogP contribution in [-0.4, -0.2) is 42.5 Å². The number of aliphatic imine (C=N–C) groups is 1. The zero-order chi connectivity index (χ0) is 13.4. The molecule has 20 heavy (non-hydrogen) atoms. The minimum atomic E-state index is -0.556. The van der Waals surface area contributed by atoms with Gasteiger partial charge in [0, 0.05) is 31.4 Å². The fraction of sp³-hybridized carbons (Fsp3) is 0.364. The minimum Gasteiger partial charge on any atom is -1.00 e. The quantitative estimate of drug-likeness (QED) is 0.176. The Morgan fingerprint density at radius 2 is 2.10 bits per heavy atom. The minimum absolute atomic E-state index is 0. The van der Waals surface area contributed by atoms with Gasteiger partial charge in [-0.15, -0.1) is 0 Å². The maximum atomic E-state index is 11.4. The van der Waals surface area contributed by atoms with Crippen molar-refractivity contribution in [2.24, 2.45) is 4.99 Å². The molecule has 0 aliphatic rings. The Morgan fingerprint density at radius 1 is 1.40 bits per heavy atom. The Hall–Kier alpha value is -1.18. The van der Waals surface area contributed by atoms with E-state index in [0.29, 0.717) is 19.6 Å². The number of hydrogen-bond acceptors (Lipinski definition) is 6. The molecule has 0 saturated carbocycles. The summed E-state index contributed by atoms with van der Waals surface area (Å²) in [6.45, 7) is 1.54. The third kappa shape index (κ3) is 7.42. The fourth-order valence-electron chi connectivity index (χ4n) is 1.26. The van der Waals surface area contributed by atoms with Crippen LogP contribution in [0.4, 0.5) is 5.69 Å². The molecule has 1 rings (SSSR count). The van der Waals surface area contributed by atoms with E-state index in [9.17, 15) is 15.2 Å². The third-order valence-corrected chi connectivity index (χ3v) is 2.14. The second-order valence-electron chi connectivity index (χ2n) is 3.49. The van der Waals surface area contributed by atoms with E-state index in [1.807, 2.05) is 0 Å². The van der Waals surface area contributed by atoms with Gasteiger partial charge in [0.25, 0.3) is 5.69 Å². The van der Waals surface area contributed by atoms with Gasteiger partial charge < -0.3 is 27.9 Å². The number of non-ortho nitro benzene ring substituents is 1. The van der Waals surface area contributed by atoms with E-state index in [2.05, 4.69) is 10.3 Å². The number of nitro groups is 1. The molecule has 0 spiro atoms. The van der Waals surface area contributed by atoms with Crippen LogP contribution in [0.15, 0.2) is 23.2 Å². The Morgan fingerprint density at radius 3 is 2.70 bits per heavy atom. The molecule has 1 aromatic rings. The van der Waals surface area contributed by atoms with E-state index in [0.717, 1.165) is 6.07 Å². The molecule has 0 aromatic heterocycles. The molecule has 0 amide bonds. The van der Waals surface area contributed by atoms with Gasteiger partial charge >= 0.3 is 17.1 Å². The number of benzene rings is 1. The summed E-state index contributed by atoms with van der Waals surface area (Å²) >= 11 is 0. The molecule has 2 N–H and O–H groups in total. The molecule has 0 unspecified atom stereocenters. The van der Waals surface area contributed by atoms with Crippen LogP contribution in [0.25, 0.3) is 0 Å². The zero-order valence-electron chi connectivity index (χ0n) is 10.4. The maximum Gasteiger partial charge on any atom is 2.00 e. The van der Waals surface area contributed by atoms with Gasteiger partial charge in [0.2, 0.25) is 0 Å². The van der Waals surface area contributed by atoms with Crippen LogP contribution in [0.3, 0.4) is 0 Å². The monoisotopic (exact) mass is 350 g/mol. The summed E-state index contributed by atoms with van der Waals surface area (Å²) in [6.07, 6.45) is 1.33. The molecule has 7 nitrogen and oxygen atoms in total. The predicted molar refractivity (Wildman–Crippen MR) is 65.0 cm³/mol. The standard InChI is InChI=1S/C11H15N3O4.ClH.Cu/c15-6-5-12-3-4-13-8-9-7-10(14(17)18)1-2-11(9)16;;/h1-2,7-8,12,15-16H,3-6H2;1H;/q;;+2/p-2. The van der Waals surface area contributed by atoms with Crippen LogP contribution in [0.5, 0.6) is 5.75 Å². The molecule has 0 bridgehead atoms. The first-order chi connectivity index (χ1) is 8.65. The normalized spacial score (nSPS) is 9.85. The van der Waals surface area contributed by atoms with Crippen molar-refractivity contribution in [3.05, 3.63) is 33.9 Å². The molecule has 0 saturated heterocycles. The molecule has 0 aliphatic carbocycles. The Labute approximate surface area is 133 Å². The van der Waals surface area contributed by atoms with Gasteiger partial charge in [0.05, 0.1) is 18.1 Å². The summed E-state index contributed by atoms with van der Waals surface area (Å²) < 4.78 is 0. The predicted octanol–water partition coefficient (Wildman–Crippen LogP) is -3.33. The van der Waals surface area contributed by atoms with Gasteiger partial charge in [0.1, 0.15) is 0 Å². The number of halogens is 1. The molecule has 0 heterocycles.